The molecule has 0 unspecified atom stereocenters. The summed E-state index contributed by atoms with van der Waals surface area (Å²) in [5, 5.41) is 0. The van der Waals surface area contributed by atoms with Gasteiger partial charge in [-0.05, 0) is 30.2 Å². The van der Waals surface area contributed by atoms with Gasteiger partial charge in [0.05, 0.1) is 0 Å². The largest absolute Gasteiger partial charge is 0.462 e. The van der Waals surface area contributed by atoms with E-state index < -0.39 is 0 Å². The Hall–Kier alpha value is -1.09. The van der Waals surface area contributed by atoms with Gasteiger partial charge in [0, 0.05) is 11.4 Å². The van der Waals surface area contributed by atoms with Crippen molar-refractivity contribution in [2.45, 2.75) is 13.8 Å². The number of carbonyl (C=O) groups is 1. The summed E-state index contributed by atoms with van der Waals surface area (Å²) in [5.74, 6) is -0.261. The minimum atomic E-state index is -0.261. The Bertz CT molecular complexity index is 383. The van der Waals surface area contributed by atoms with Crippen molar-refractivity contribution in [3.63, 3.8) is 0 Å². The summed E-state index contributed by atoms with van der Waals surface area (Å²) in [7, 11) is 0. The molecule has 1 aromatic rings. The van der Waals surface area contributed by atoms with Crippen LogP contribution in [0.3, 0.4) is 0 Å². The fraction of sp³-hybridized carbons (Fsp3) is 0.250. The summed E-state index contributed by atoms with van der Waals surface area (Å²) < 4.78 is 5.83. The predicted octanol–water partition coefficient (Wildman–Crippen LogP) is 3.33. The van der Waals surface area contributed by atoms with Gasteiger partial charge in [-0.3, -0.25) is 4.79 Å². The van der Waals surface area contributed by atoms with Gasteiger partial charge in [0.2, 0.25) is 0 Å². The number of benzene rings is 1. The van der Waals surface area contributed by atoms with Gasteiger partial charge in [0.1, 0.15) is 6.61 Å². The lowest BCUT2D eigenvalue weighted by Crippen LogP contribution is -1.97. The third kappa shape index (κ3) is 4.30. The van der Waals surface area contributed by atoms with Gasteiger partial charge >= 0.3 is 5.97 Å². The molecule has 15 heavy (non-hydrogen) atoms. The fourth-order valence-electron chi connectivity index (χ4n) is 1.11. The number of carbonyl (C=O) groups excluding carboxylic acids is 1. The van der Waals surface area contributed by atoms with Crippen LogP contribution in [0.4, 0.5) is 0 Å². The van der Waals surface area contributed by atoms with Crippen molar-refractivity contribution in [1.29, 1.82) is 0 Å². The smallest absolute Gasteiger partial charge is 0.302 e. The molecule has 1 aromatic carbocycles. The van der Waals surface area contributed by atoms with E-state index in [1.165, 1.54) is 12.5 Å². The van der Waals surface area contributed by atoms with E-state index >= 15 is 0 Å². The minimum absolute atomic E-state index is 0.261. The number of hydrogen-bond acceptors (Lipinski definition) is 2. The molecule has 0 spiro atoms. The molecule has 0 atom stereocenters. The summed E-state index contributed by atoms with van der Waals surface area (Å²) in [5.41, 5.74) is 2.28. The highest BCUT2D eigenvalue weighted by Crippen LogP contribution is 2.19. The molecule has 0 N–H and O–H groups in total. The first-order valence-corrected chi connectivity index (χ1v) is 5.45. The fourth-order valence-corrected chi connectivity index (χ4v) is 1.73. The molecule has 0 amide bonds. The molecule has 0 aromatic heterocycles. The van der Waals surface area contributed by atoms with Crippen LogP contribution in [0.2, 0.25) is 0 Å². The number of aryl methyl sites for hydroxylation is 1. The van der Waals surface area contributed by atoms with Crippen molar-refractivity contribution in [2.24, 2.45) is 0 Å². The van der Waals surface area contributed by atoms with Crippen LogP contribution in [0.15, 0.2) is 28.7 Å². The van der Waals surface area contributed by atoms with Crippen LogP contribution in [0.5, 0.6) is 0 Å². The quantitative estimate of drug-likeness (QED) is 0.787. The van der Waals surface area contributed by atoms with Crippen molar-refractivity contribution in [2.75, 3.05) is 6.61 Å². The monoisotopic (exact) mass is 268 g/mol. The average Bonchev–Trinajstić information content (AvgIpc) is 2.14. The Morgan fingerprint density at radius 2 is 2.27 bits per heavy atom. The second-order valence-electron chi connectivity index (χ2n) is 3.23. The highest BCUT2D eigenvalue weighted by atomic mass is 79.9. The van der Waals surface area contributed by atoms with E-state index in [-0.39, 0.29) is 5.97 Å². The van der Waals surface area contributed by atoms with Gasteiger partial charge in [0.15, 0.2) is 0 Å². The van der Waals surface area contributed by atoms with Crippen LogP contribution in [-0.4, -0.2) is 12.6 Å². The van der Waals surface area contributed by atoms with Crippen LogP contribution in [-0.2, 0) is 9.53 Å². The van der Waals surface area contributed by atoms with Gasteiger partial charge in [-0.1, -0.05) is 34.1 Å². The highest BCUT2D eigenvalue weighted by Gasteiger charge is 1.95. The lowest BCUT2D eigenvalue weighted by atomic mass is 10.1. The van der Waals surface area contributed by atoms with E-state index in [2.05, 4.69) is 15.9 Å². The van der Waals surface area contributed by atoms with Crippen LogP contribution in [0.1, 0.15) is 18.1 Å². The van der Waals surface area contributed by atoms with Crippen molar-refractivity contribution in [3.8, 4) is 0 Å². The Morgan fingerprint density at radius 1 is 1.53 bits per heavy atom. The van der Waals surface area contributed by atoms with Crippen LogP contribution < -0.4 is 0 Å². The van der Waals surface area contributed by atoms with Gasteiger partial charge in [0.25, 0.3) is 0 Å². The topological polar surface area (TPSA) is 26.3 Å². The molecule has 0 saturated carbocycles. The molecule has 0 bridgehead atoms. The summed E-state index contributed by atoms with van der Waals surface area (Å²) in [6.45, 7) is 3.75. The third-order valence-corrected chi connectivity index (χ3v) is 2.52. The minimum Gasteiger partial charge on any atom is -0.462 e. The summed E-state index contributed by atoms with van der Waals surface area (Å²) in [6.07, 6.45) is 3.74. The average molecular weight is 269 g/mol. The summed E-state index contributed by atoms with van der Waals surface area (Å²) >= 11 is 3.47. The highest BCUT2D eigenvalue weighted by molar-refractivity contribution is 9.10. The molecule has 0 aliphatic heterocycles. The Kier molecular flexibility index (Phi) is 4.56. The number of halogens is 1. The first-order chi connectivity index (χ1) is 7.09. The normalized spacial score (nSPS) is 10.6. The molecular weight excluding hydrogens is 256 g/mol. The molecule has 0 heterocycles. The Morgan fingerprint density at radius 3 is 2.87 bits per heavy atom. The zero-order valence-electron chi connectivity index (χ0n) is 8.79. The van der Waals surface area contributed by atoms with Crippen molar-refractivity contribution in [3.05, 3.63) is 39.9 Å². The van der Waals surface area contributed by atoms with Crippen molar-refractivity contribution >= 4 is 28.0 Å². The molecule has 1 rings (SSSR count). The molecule has 0 aliphatic carbocycles. The molecule has 0 aliphatic rings. The zero-order chi connectivity index (χ0) is 11.3. The van der Waals surface area contributed by atoms with Gasteiger partial charge in [-0.15, -0.1) is 0 Å². The van der Waals surface area contributed by atoms with Gasteiger partial charge < -0.3 is 4.74 Å². The standard InChI is InChI=1S/C12H13BrO2/c1-9-5-6-11(12(13)8-9)4-3-7-15-10(2)14/h3-6,8H,7H2,1-2H3/b4-3+. The van der Waals surface area contributed by atoms with E-state index in [1.54, 1.807) is 0 Å². The number of rotatable bonds is 3. The van der Waals surface area contributed by atoms with E-state index in [0.29, 0.717) is 6.61 Å². The Labute approximate surface area is 98.1 Å². The third-order valence-electron chi connectivity index (χ3n) is 1.84. The molecular formula is C12H13BrO2. The van der Waals surface area contributed by atoms with E-state index in [4.69, 9.17) is 4.74 Å². The van der Waals surface area contributed by atoms with E-state index in [9.17, 15) is 4.79 Å². The lowest BCUT2D eigenvalue weighted by molar-refractivity contribution is -0.139. The first kappa shape index (κ1) is 12.0. The van der Waals surface area contributed by atoms with Gasteiger partial charge in [-0.2, -0.15) is 0 Å². The SMILES string of the molecule is CC(=O)OC/C=C/c1ccc(C)cc1Br. The van der Waals surface area contributed by atoms with Crippen LogP contribution in [0.25, 0.3) is 6.08 Å². The predicted molar refractivity (Wildman–Crippen MR) is 64.5 cm³/mol. The van der Waals surface area contributed by atoms with E-state index in [0.717, 1.165) is 10.0 Å². The van der Waals surface area contributed by atoms with Crippen LogP contribution >= 0.6 is 15.9 Å². The molecule has 3 heteroatoms. The molecule has 0 saturated heterocycles. The second kappa shape index (κ2) is 5.71. The van der Waals surface area contributed by atoms with Crippen molar-refractivity contribution < 1.29 is 9.53 Å². The number of esters is 1. The second-order valence-corrected chi connectivity index (χ2v) is 4.08. The first-order valence-electron chi connectivity index (χ1n) is 4.65. The van der Waals surface area contributed by atoms with E-state index in [1.807, 2.05) is 37.3 Å². The maximum Gasteiger partial charge on any atom is 0.302 e. The number of ether oxygens (including phenoxy) is 1. The maximum absolute atomic E-state index is 10.5. The molecule has 80 valence electrons. The molecule has 2 nitrogen and oxygen atoms in total. The summed E-state index contributed by atoms with van der Waals surface area (Å²) in [6, 6.07) is 6.10. The van der Waals surface area contributed by atoms with Crippen molar-refractivity contribution in [1.82, 2.24) is 0 Å². The van der Waals surface area contributed by atoms with Crippen LogP contribution in [0, 0.1) is 6.92 Å². The lowest BCUT2D eigenvalue weighted by Gasteiger charge is -2.00. The molecule has 0 radical (unpaired) electrons. The van der Waals surface area contributed by atoms with Gasteiger partial charge in [-0.25, -0.2) is 0 Å². The Balaban J connectivity index is 2.60. The zero-order valence-corrected chi connectivity index (χ0v) is 10.4. The molecule has 0 fully saturated rings. The maximum atomic E-state index is 10.5. The number of hydrogen-bond donors (Lipinski definition) is 0. The summed E-state index contributed by atoms with van der Waals surface area (Å²) in [4.78, 5) is 10.5.